The molecule has 0 aromatic heterocycles. The summed E-state index contributed by atoms with van der Waals surface area (Å²) in [6.07, 6.45) is 0. The largest absolute Gasteiger partial charge is 0.468 e. The molecule has 1 rings (SSSR count). The number of carbonyl (C=O) groups is 1. The van der Waals surface area contributed by atoms with E-state index in [1.807, 2.05) is 0 Å². The average molecular weight is 264 g/mol. The van der Waals surface area contributed by atoms with E-state index in [1.165, 1.54) is 25.3 Å². The van der Waals surface area contributed by atoms with Crippen LogP contribution in [0.5, 0.6) is 0 Å². The van der Waals surface area contributed by atoms with Crippen molar-refractivity contribution >= 4 is 27.6 Å². The van der Waals surface area contributed by atoms with Gasteiger partial charge in [0.2, 0.25) is 10.0 Å². The smallest absolute Gasteiger partial charge is 0.320 e. The number of halogens is 1. The summed E-state index contributed by atoms with van der Waals surface area (Å²) in [5.41, 5.74) is 0. The molecule has 0 radical (unpaired) electrons. The van der Waals surface area contributed by atoms with Crippen LogP contribution in [-0.4, -0.2) is 28.0 Å². The van der Waals surface area contributed by atoms with Crippen molar-refractivity contribution < 1.29 is 17.9 Å². The van der Waals surface area contributed by atoms with Gasteiger partial charge in [-0.1, -0.05) is 17.7 Å². The maximum atomic E-state index is 11.6. The minimum absolute atomic E-state index is 0.00361. The maximum absolute atomic E-state index is 11.6. The Morgan fingerprint density at radius 1 is 1.50 bits per heavy atom. The Kier molecular flexibility index (Phi) is 4.28. The Hall–Kier alpha value is -1.11. The van der Waals surface area contributed by atoms with Crippen molar-refractivity contribution in [2.24, 2.45) is 0 Å². The highest BCUT2D eigenvalue weighted by atomic mass is 35.5. The molecule has 0 aliphatic rings. The van der Waals surface area contributed by atoms with Gasteiger partial charge in [0.05, 0.1) is 12.0 Å². The van der Waals surface area contributed by atoms with Crippen LogP contribution in [0.2, 0.25) is 5.02 Å². The predicted molar refractivity (Wildman–Crippen MR) is 58.7 cm³/mol. The third kappa shape index (κ3) is 3.48. The summed E-state index contributed by atoms with van der Waals surface area (Å²) in [7, 11) is -2.55. The van der Waals surface area contributed by atoms with Crippen molar-refractivity contribution in [1.82, 2.24) is 4.72 Å². The fraction of sp³-hybridized carbons (Fsp3) is 0.222. The lowest BCUT2D eigenvalue weighted by atomic mass is 10.4. The zero-order valence-electron chi connectivity index (χ0n) is 8.44. The molecule has 1 aromatic rings. The molecular formula is C9H10ClNO4S. The number of esters is 1. The Morgan fingerprint density at radius 3 is 2.75 bits per heavy atom. The average Bonchev–Trinajstić information content (AvgIpc) is 2.26. The predicted octanol–water partition coefficient (Wildman–Crippen LogP) is 0.791. The highest BCUT2D eigenvalue weighted by Crippen LogP contribution is 2.14. The Balaban J connectivity index is 2.82. The van der Waals surface area contributed by atoms with Crippen molar-refractivity contribution in [2.75, 3.05) is 13.7 Å². The minimum Gasteiger partial charge on any atom is -0.468 e. The number of rotatable bonds is 4. The van der Waals surface area contributed by atoms with Crippen molar-refractivity contribution in [2.45, 2.75) is 4.90 Å². The van der Waals surface area contributed by atoms with Crippen LogP contribution in [0.1, 0.15) is 0 Å². The highest BCUT2D eigenvalue weighted by molar-refractivity contribution is 7.89. The number of carbonyl (C=O) groups excluding carboxylic acids is 1. The molecular weight excluding hydrogens is 254 g/mol. The zero-order chi connectivity index (χ0) is 12.2. The first kappa shape index (κ1) is 13.0. The van der Waals surface area contributed by atoms with E-state index in [4.69, 9.17) is 11.6 Å². The summed E-state index contributed by atoms with van der Waals surface area (Å²) in [5.74, 6) is -0.661. The molecule has 1 N–H and O–H groups in total. The lowest BCUT2D eigenvalue weighted by Gasteiger charge is -2.05. The second-order valence-corrected chi connectivity index (χ2v) is 5.06. The standard InChI is InChI=1S/C9H10ClNO4S/c1-15-9(12)6-11-16(13,14)8-4-2-3-7(10)5-8/h2-5,11H,6H2,1H3. The van der Waals surface area contributed by atoms with Crippen LogP contribution < -0.4 is 4.72 Å². The number of ether oxygens (including phenoxy) is 1. The van der Waals surface area contributed by atoms with Gasteiger partial charge in [-0.05, 0) is 18.2 Å². The van der Waals surface area contributed by atoms with Gasteiger partial charge < -0.3 is 4.74 Å². The number of hydrogen-bond acceptors (Lipinski definition) is 4. The Labute approximate surface area is 98.4 Å². The summed E-state index contributed by atoms with van der Waals surface area (Å²) in [5, 5.41) is 0.306. The summed E-state index contributed by atoms with van der Waals surface area (Å²) < 4.78 is 29.7. The molecule has 0 saturated carbocycles. The molecule has 0 aliphatic heterocycles. The van der Waals surface area contributed by atoms with Crippen LogP contribution in [0.3, 0.4) is 0 Å². The van der Waals surface area contributed by atoms with Gasteiger partial charge in [-0.15, -0.1) is 0 Å². The van der Waals surface area contributed by atoms with E-state index in [1.54, 1.807) is 6.07 Å². The molecule has 0 saturated heterocycles. The highest BCUT2D eigenvalue weighted by Gasteiger charge is 2.15. The topological polar surface area (TPSA) is 72.5 Å². The van der Waals surface area contributed by atoms with Crippen LogP contribution in [0.25, 0.3) is 0 Å². The third-order valence-electron chi connectivity index (χ3n) is 1.74. The SMILES string of the molecule is COC(=O)CNS(=O)(=O)c1cccc(Cl)c1. The fourth-order valence-corrected chi connectivity index (χ4v) is 2.21. The van der Waals surface area contributed by atoms with Gasteiger partial charge in [0.25, 0.3) is 0 Å². The monoisotopic (exact) mass is 263 g/mol. The molecule has 88 valence electrons. The van der Waals surface area contributed by atoms with Crippen LogP contribution in [-0.2, 0) is 19.6 Å². The van der Waals surface area contributed by atoms with Crippen LogP contribution in [0, 0.1) is 0 Å². The molecule has 0 spiro atoms. The van der Waals surface area contributed by atoms with E-state index in [9.17, 15) is 13.2 Å². The number of methoxy groups -OCH3 is 1. The lowest BCUT2D eigenvalue weighted by molar-refractivity contribution is -0.139. The normalized spacial score (nSPS) is 11.1. The molecule has 0 unspecified atom stereocenters. The van der Waals surface area contributed by atoms with Gasteiger partial charge in [0, 0.05) is 5.02 Å². The zero-order valence-corrected chi connectivity index (χ0v) is 10.0. The van der Waals surface area contributed by atoms with Gasteiger partial charge in [0.15, 0.2) is 0 Å². The number of benzene rings is 1. The second kappa shape index (κ2) is 5.29. The summed E-state index contributed by atoms with van der Waals surface area (Å²) in [6, 6.07) is 5.74. The van der Waals surface area contributed by atoms with Gasteiger partial charge >= 0.3 is 5.97 Å². The molecule has 0 atom stereocenters. The fourth-order valence-electron chi connectivity index (χ4n) is 0.944. The third-order valence-corrected chi connectivity index (χ3v) is 3.37. The van der Waals surface area contributed by atoms with E-state index < -0.39 is 22.5 Å². The summed E-state index contributed by atoms with van der Waals surface area (Å²) >= 11 is 5.66. The Morgan fingerprint density at radius 2 is 2.19 bits per heavy atom. The lowest BCUT2D eigenvalue weighted by Crippen LogP contribution is -2.30. The second-order valence-electron chi connectivity index (χ2n) is 2.86. The quantitative estimate of drug-likeness (QED) is 0.816. The van der Waals surface area contributed by atoms with E-state index in [0.29, 0.717) is 5.02 Å². The number of hydrogen-bond donors (Lipinski definition) is 1. The summed E-state index contributed by atoms with van der Waals surface area (Å²) in [4.78, 5) is 10.8. The first-order valence-electron chi connectivity index (χ1n) is 4.28. The van der Waals surface area contributed by atoms with Gasteiger partial charge in [-0.25, -0.2) is 8.42 Å². The summed E-state index contributed by atoms with van der Waals surface area (Å²) in [6.45, 7) is -0.411. The molecule has 7 heteroatoms. The van der Waals surface area contributed by atoms with E-state index in [-0.39, 0.29) is 4.90 Å². The molecule has 1 aromatic carbocycles. The van der Waals surface area contributed by atoms with Crippen molar-refractivity contribution in [1.29, 1.82) is 0 Å². The molecule has 0 fully saturated rings. The maximum Gasteiger partial charge on any atom is 0.320 e. The first-order chi connectivity index (χ1) is 7.45. The van der Waals surface area contributed by atoms with Crippen molar-refractivity contribution in [3.05, 3.63) is 29.3 Å². The van der Waals surface area contributed by atoms with Gasteiger partial charge in [-0.3, -0.25) is 4.79 Å². The van der Waals surface area contributed by atoms with Crippen molar-refractivity contribution in [3.8, 4) is 0 Å². The van der Waals surface area contributed by atoms with Crippen LogP contribution in [0.15, 0.2) is 29.2 Å². The molecule has 0 amide bonds. The van der Waals surface area contributed by atoms with E-state index in [2.05, 4.69) is 9.46 Å². The Bertz CT molecular complexity index is 486. The molecule has 0 bridgehead atoms. The van der Waals surface area contributed by atoms with Crippen LogP contribution >= 0.6 is 11.6 Å². The molecule has 0 heterocycles. The van der Waals surface area contributed by atoms with Gasteiger partial charge in [0.1, 0.15) is 6.54 Å². The number of sulfonamides is 1. The number of nitrogens with one attached hydrogen (secondary N) is 1. The first-order valence-corrected chi connectivity index (χ1v) is 6.14. The van der Waals surface area contributed by atoms with Gasteiger partial charge in [-0.2, -0.15) is 4.72 Å². The van der Waals surface area contributed by atoms with Crippen molar-refractivity contribution in [3.63, 3.8) is 0 Å². The molecule has 5 nitrogen and oxygen atoms in total. The van der Waals surface area contributed by atoms with Crippen LogP contribution in [0.4, 0.5) is 0 Å². The minimum atomic E-state index is -3.72. The molecule has 16 heavy (non-hydrogen) atoms. The van der Waals surface area contributed by atoms with E-state index in [0.717, 1.165) is 0 Å². The molecule has 0 aliphatic carbocycles. The van der Waals surface area contributed by atoms with E-state index >= 15 is 0 Å².